The second kappa shape index (κ2) is 3.44. The highest BCUT2D eigenvalue weighted by molar-refractivity contribution is 5.76. The average molecular weight is 170 g/mol. The van der Waals surface area contributed by atoms with Gasteiger partial charge >= 0.3 is 0 Å². The third-order valence-electron chi connectivity index (χ3n) is 2.57. The molecule has 1 fully saturated rings. The quantitative estimate of drug-likeness (QED) is 0.602. The van der Waals surface area contributed by atoms with Crippen molar-refractivity contribution in [1.82, 2.24) is 5.32 Å². The van der Waals surface area contributed by atoms with Crippen LogP contribution in [0.2, 0.25) is 0 Å². The molecule has 0 saturated carbocycles. The van der Waals surface area contributed by atoms with Gasteiger partial charge in [-0.25, -0.2) is 0 Å². The maximum Gasteiger partial charge on any atom is 0.221 e. The average Bonchev–Trinajstić information content (AvgIpc) is 2.10. The summed E-state index contributed by atoms with van der Waals surface area (Å²) in [6, 6.07) is 0. The second-order valence-corrected chi connectivity index (χ2v) is 4.42. The minimum atomic E-state index is -0.169. The molecular formula is C9H18N2O. The summed E-state index contributed by atoms with van der Waals surface area (Å²) >= 11 is 0. The Bertz CT molecular complexity index is 177. The second-order valence-electron chi connectivity index (χ2n) is 4.42. The fourth-order valence-corrected chi connectivity index (χ4v) is 1.75. The largest absolute Gasteiger partial charge is 0.369 e. The molecule has 3 N–H and O–H groups in total. The first-order valence-corrected chi connectivity index (χ1v) is 4.51. The van der Waals surface area contributed by atoms with Crippen LogP contribution in [0.1, 0.15) is 26.7 Å². The summed E-state index contributed by atoms with van der Waals surface area (Å²) in [4.78, 5) is 11.0. The molecule has 0 bridgehead atoms. The zero-order chi connectivity index (χ0) is 9.19. The van der Waals surface area contributed by atoms with Gasteiger partial charge in [0.05, 0.1) is 5.92 Å². The van der Waals surface area contributed by atoms with Crippen molar-refractivity contribution in [1.29, 1.82) is 0 Å². The molecule has 1 aliphatic heterocycles. The number of hydrogen-bond acceptors (Lipinski definition) is 2. The lowest BCUT2D eigenvalue weighted by Gasteiger charge is -2.24. The fourth-order valence-electron chi connectivity index (χ4n) is 1.75. The zero-order valence-corrected chi connectivity index (χ0v) is 7.89. The third-order valence-corrected chi connectivity index (χ3v) is 2.57. The Morgan fingerprint density at radius 1 is 1.58 bits per heavy atom. The molecule has 0 aliphatic carbocycles. The van der Waals surface area contributed by atoms with Crippen LogP contribution in [0.5, 0.6) is 0 Å². The fraction of sp³-hybridized carbons (Fsp3) is 0.889. The SMILES string of the molecule is CC1(C)CCNCC(C(N)=O)C1. The van der Waals surface area contributed by atoms with Gasteiger partial charge in [0, 0.05) is 6.54 Å². The molecule has 0 aromatic heterocycles. The van der Waals surface area contributed by atoms with Gasteiger partial charge in [0.25, 0.3) is 0 Å². The molecule has 1 aliphatic rings. The van der Waals surface area contributed by atoms with E-state index in [0.717, 1.165) is 25.9 Å². The first kappa shape index (κ1) is 9.52. The Morgan fingerprint density at radius 3 is 2.83 bits per heavy atom. The lowest BCUT2D eigenvalue weighted by Crippen LogP contribution is -2.32. The van der Waals surface area contributed by atoms with Gasteiger partial charge in [0.2, 0.25) is 5.91 Å². The standard InChI is InChI=1S/C9H18N2O/c1-9(2)3-4-11-6-7(5-9)8(10)12/h7,11H,3-6H2,1-2H3,(H2,10,12). The van der Waals surface area contributed by atoms with E-state index >= 15 is 0 Å². The summed E-state index contributed by atoms with van der Waals surface area (Å²) in [5.74, 6) is -0.153. The first-order valence-electron chi connectivity index (χ1n) is 4.51. The normalized spacial score (nSPS) is 29.3. The Hall–Kier alpha value is -0.570. The van der Waals surface area contributed by atoms with E-state index in [1.165, 1.54) is 0 Å². The van der Waals surface area contributed by atoms with E-state index < -0.39 is 0 Å². The minimum Gasteiger partial charge on any atom is -0.369 e. The summed E-state index contributed by atoms with van der Waals surface area (Å²) in [7, 11) is 0. The van der Waals surface area contributed by atoms with Gasteiger partial charge in [-0.15, -0.1) is 0 Å². The third kappa shape index (κ3) is 2.48. The molecule has 3 nitrogen and oxygen atoms in total. The van der Waals surface area contributed by atoms with E-state index in [2.05, 4.69) is 19.2 Å². The first-order chi connectivity index (χ1) is 5.51. The summed E-state index contributed by atoms with van der Waals surface area (Å²) in [5, 5.41) is 3.23. The summed E-state index contributed by atoms with van der Waals surface area (Å²) in [6.07, 6.45) is 2.03. The maximum atomic E-state index is 11.0. The number of nitrogens with one attached hydrogen (secondary N) is 1. The number of carbonyl (C=O) groups excluding carboxylic acids is 1. The monoisotopic (exact) mass is 170 g/mol. The van der Waals surface area contributed by atoms with Gasteiger partial charge in [0.15, 0.2) is 0 Å². The van der Waals surface area contributed by atoms with Crippen LogP contribution in [0.25, 0.3) is 0 Å². The van der Waals surface area contributed by atoms with E-state index in [4.69, 9.17) is 5.73 Å². The van der Waals surface area contributed by atoms with Crippen molar-refractivity contribution in [2.75, 3.05) is 13.1 Å². The van der Waals surface area contributed by atoms with Crippen LogP contribution in [0.15, 0.2) is 0 Å². The highest BCUT2D eigenvalue weighted by Gasteiger charge is 2.28. The van der Waals surface area contributed by atoms with Crippen molar-refractivity contribution >= 4 is 5.91 Å². The number of amides is 1. The minimum absolute atomic E-state index is 0.0162. The molecule has 3 heteroatoms. The molecule has 0 aromatic carbocycles. The summed E-state index contributed by atoms with van der Waals surface area (Å²) in [6.45, 7) is 6.13. The molecule has 1 unspecified atom stereocenters. The highest BCUT2D eigenvalue weighted by atomic mass is 16.1. The molecule has 0 radical (unpaired) electrons. The molecule has 0 spiro atoms. The molecule has 1 saturated heterocycles. The van der Waals surface area contributed by atoms with Gasteiger partial charge in [-0.2, -0.15) is 0 Å². The summed E-state index contributed by atoms with van der Waals surface area (Å²) in [5.41, 5.74) is 5.53. The zero-order valence-electron chi connectivity index (χ0n) is 7.89. The number of hydrogen-bond donors (Lipinski definition) is 2. The van der Waals surface area contributed by atoms with E-state index in [0.29, 0.717) is 0 Å². The van der Waals surface area contributed by atoms with Crippen LogP contribution in [-0.2, 0) is 4.79 Å². The van der Waals surface area contributed by atoms with E-state index in [-0.39, 0.29) is 17.2 Å². The van der Waals surface area contributed by atoms with Crippen LogP contribution in [0.3, 0.4) is 0 Å². The Kier molecular flexibility index (Phi) is 2.73. The van der Waals surface area contributed by atoms with Crippen molar-refractivity contribution in [3.8, 4) is 0 Å². The molecule has 1 heterocycles. The van der Waals surface area contributed by atoms with E-state index in [1.54, 1.807) is 0 Å². The van der Waals surface area contributed by atoms with E-state index in [9.17, 15) is 4.79 Å². The van der Waals surface area contributed by atoms with Crippen LogP contribution < -0.4 is 11.1 Å². The Morgan fingerprint density at radius 2 is 2.25 bits per heavy atom. The Labute approximate surface area is 73.7 Å². The highest BCUT2D eigenvalue weighted by Crippen LogP contribution is 2.30. The van der Waals surface area contributed by atoms with Gasteiger partial charge in [-0.1, -0.05) is 13.8 Å². The van der Waals surface area contributed by atoms with Crippen LogP contribution in [0, 0.1) is 11.3 Å². The Balaban J connectivity index is 2.60. The predicted octanol–water partition coefficient (Wildman–Crippen LogP) is 0.497. The summed E-state index contributed by atoms with van der Waals surface area (Å²) < 4.78 is 0. The maximum absolute atomic E-state index is 11.0. The molecular weight excluding hydrogens is 152 g/mol. The number of primary amides is 1. The smallest absolute Gasteiger partial charge is 0.221 e. The molecule has 0 aromatic rings. The topological polar surface area (TPSA) is 55.1 Å². The van der Waals surface area contributed by atoms with Gasteiger partial charge < -0.3 is 11.1 Å². The number of carbonyl (C=O) groups is 1. The lowest BCUT2D eigenvalue weighted by atomic mass is 9.81. The molecule has 12 heavy (non-hydrogen) atoms. The molecule has 70 valence electrons. The lowest BCUT2D eigenvalue weighted by molar-refractivity contribution is -0.122. The van der Waals surface area contributed by atoms with Crippen molar-refractivity contribution < 1.29 is 4.79 Å². The van der Waals surface area contributed by atoms with Gasteiger partial charge in [0.1, 0.15) is 0 Å². The van der Waals surface area contributed by atoms with Crippen molar-refractivity contribution in [3.63, 3.8) is 0 Å². The number of rotatable bonds is 1. The number of nitrogens with two attached hydrogens (primary N) is 1. The van der Waals surface area contributed by atoms with Crippen molar-refractivity contribution in [2.45, 2.75) is 26.7 Å². The van der Waals surface area contributed by atoms with Crippen LogP contribution in [-0.4, -0.2) is 19.0 Å². The van der Waals surface area contributed by atoms with Crippen LogP contribution in [0.4, 0.5) is 0 Å². The van der Waals surface area contributed by atoms with Crippen molar-refractivity contribution in [3.05, 3.63) is 0 Å². The van der Waals surface area contributed by atoms with Crippen molar-refractivity contribution in [2.24, 2.45) is 17.1 Å². The molecule has 1 rings (SSSR count). The van der Waals surface area contributed by atoms with Crippen LogP contribution >= 0.6 is 0 Å². The predicted molar refractivity (Wildman–Crippen MR) is 48.6 cm³/mol. The molecule has 1 amide bonds. The van der Waals surface area contributed by atoms with Gasteiger partial charge in [-0.05, 0) is 24.8 Å². The van der Waals surface area contributed by atoms with Gasteiger partial charge in [-0.3, -0.25) is 4.79 Å². The van der Waals surface area contributed by atoms with E-state index in [1.807, 2.05) is 0 Å². The molecule has 1 atom stereocenters.